The molecule has 7 nitrogen and oxygen atoms in total. The molecule has 2 amide bonds. The molecule has 0 aliphatic carbocycles. The van der Waals surface area contributed by atoms with Crippen LogP contribution in [0, 0.1) is 0 Å². The Morgan fingerprint density at radius 3 is 2.12 bits per heavy atom. The fourth-order valence-corrected chi connectivity index (χ4v) is 1.70. The number of alkyl carbamates (subject to hydrolysis) is 1. The van der Waals surface area contributed by atoms with Crippen molar-refractivity contribution in [3.8, 4) is 0 Å². The molecule has 0 unspecified atom stereocenters. The summed E-state index contributed by atoms with van der Waals surface area (Å²) in [6, 6.07) is 5.88. The van der Waals surface area contributed by atoms with Gasteiger partial charge in [-0.2, -0.15) is 0 Å². The molecule has 0 aliphatic heterocycles. The van der Waals surface area contributed by atoms with E-state index < -0.39 is 17.6 Å². The number of hydrogen-bond donors (Lipinski definition) is 2. The Balaban J connectivity index is 2.37. The second-order valence-corrected chi connectivity index (χ2v) is 6.42. The molecular formula is C17H24N2O5. The normalized spacial score (nSPS) is 12.2. The topological polar surface area (TPSA) is 93.7 Å². The summed E-state index contributed by atoms with van der Waals surface area (Å²) in [6.07, 6.45) is -0.551. The van der Waals surface area contributed by atoms with Gasteiger partial charge in [0.2, 0.25) is 0 Å². The SMILES string of the molecule is CC(=O)c1ccc(C(=O)NOC[C@@H](C)NC(=O)OC(C)(C)C)cc1. The van der Waals surface area contributed by atoms with Crippen LogP contribution in [0.25, 0.3) is 0 Å². The standard InChI is InChI=1S/C17H24N2O5/c1-11(18-16(22)24-17(3,4)5)10-23-19-15(21)14-8-6-13(7-9-14)12(2)20/h6-9,11H,10H2,1-5H3,(H,18,22)(H,19,21)/t11-/m1/s1. The lowest BCUT2D eigenvalue weighted by atomic mass is 10.1. The first-order chi connectivity index (χ1) is 11.1. The first-order valence-electron chi connectivity index (χ1n) is 7.61. The third kappa shape index (κ3) is 7.23. The van der Waals surface area contributed by atoms with E-state index in [0.717, 1.165) is 0 Å². The van der Waals surface area contributed by atoms with Crippen LogP contribution in [-0.2, 0) is 9.57 Å². The van der Waals surface area contributed by atoms with Crippen molar-refractivity contribution in [3.63, 3.8) is 0 Å². The molecule has 7 heteroatoms. The van der Waals surface area contributed by atoms with Gasteiger partial charge in [-0.1, -0.05) is 12.1 Å². The van der Waals surface area contributed by atoms with Crippen molar-refractivity contribution in [1.29, 1.82) is 0 Å². The Morgan fingerprint density at radius 1 is 1.08 bits per heavy atom. The lowest BCUT2D eigenvalue weighted by molar-refractivity contribution is 0.0190. The number of ketones is 1. The van der Waals surface area contributed by atoms with Gasteiger partial charge in [0.25, 0.3) is 5.91 Å². The molecule has 0 radical (unpaired) electrons. The number of hydroxylamine groups is 1. The van der Waals surface area contributed by atoms with Gasteiger partial charge in [-0.15, -0.1) is 0 Å². The van der Waals surface area contributed by atoms with Gasteiger partial charge >= 0.3 is 6.09 Å². The van der Waals surface area contributed by atoms with Crippen LogP contribution in [0.2, 0.25) is 0 Å². The zero-order valence-electron chi connectivity index (χ0n) is 14.6. The highest BCUT2D eigenvalue weighted by atomic mass is 16.7. The van der Waals surface area contributed by atoms with E-state index in [9.17, 15) is 14.4 Å². The van der Waals surface area contributed by atoms with Gasteiger partial charge in [-0.25, -0.2) is 10.3 Å². The summed E-state index contributed by atoms with van der Waals surface area (Å²) in [5.41, 5.74) is 2.60. The molecule has 0 saturated carbocycles. The van der Waals surface area contributed by atoms with Crippen molar-refractivity contribution in [2.75, 3.05) is 6.61 Å². The average molecular weight is 336 g/mol. The number of carbonyl (C=O) groups is 3. The number of amides is 2. The fraction of sp³-hybridized carbons (Fsp3) is 0.471. The predicted molar refractivity (Wildman–Crippen MR) is 88.7 cm³/mol. The van der Waals surface area contributed by atoms with E-state index in [1.165, 1.54) is 19.1 Å². The number of benzene rings is 1. The molecule has 0 heterocycles. The minimum absolute atomic E-state index is 0.0692. The lowest BCUT2D eigenvalue weighted by Crippen LogP contribution is -2.41. The Bertz CT molecular complexity index is 590. The molecule has 0 aromatic heterocycles. The second kappa shape index (κ2) is 8.44. The molecule has 1 aromatic rings. The van der Waals surface area contributed by atoms with E-state index in [-0.39, 0.29) is 18.4 Å². The molecule has 24 heavy (non-hydrogen) atoms. The summed E-state index contributed by atoms with van der Waals surface area (Å²) in [5.74, 6) is -0.505. The van der Waals surface area contributed by atoms with Crippen LogP contribution in [0.1, 0.15) is 55.3 Å². The van der Waals surface area contributed by atoms with E-state index in [1.54, 1.807) is 39.8 Å². The maximum atomic E-state index is 11.9. The minimum Gasteiger partial charge on any atom is -0.444 e. The third-order valence-corrected chi connectivity index (χ3v) is 2.81. The Labute approximate surface area is 141 Å². The summed E-state index contributed by atoms with van der Waals surface area (Å²) in [4.78, 5) is 39.7. The molecule has 132 valence electrons. The smallest absolute Gasteiger partial charge is 0.407 e. The van der Waals surface area contributed by atoms with Gasteiger partial charge in [-0.05, 0) is 46.8 Å². The van der Waals surface area contributed by atoms with E-state index in [2.05, 4.69) is 10.8 Å². The summed E-state index contributed by atoms with van der Waals surface area (Å²) >= 11 is 0. The van der Waals surface area contributed by atoms with Crippen LogP contribution in [0.15, 0.2) is 24.3 Å². The molecule has 0 aliphatic rings. The fourth-order valence-electron chi connectivity index (χ4n) is 1.70. The van der Waals surface area contributed by atoms with Crippen molar-refractivity contribution in [2.45, 2.75) is 46.3 Å². The molecule has 1 rings (SSSR count). The zero-order chi connectivity index (χ0) is 18.3. The number of nitrogens with one attached hydrogen (secondary N) is 2. The largest absolute Gasteiger partial charge is 0.444 e. The average Bonchev–Trinajstić information content (AvgIpc) is 2.45. The maximum absolute atomic E-state index is 11.9. The number of carbonyl (C=O) groups excluding carboxylic acids is 3. The quantitative estimate of drug-likeness (QED) is 0.615. The van der Waals surface area contributed by atoms with Crippen LogP contribution in [-0.4, -0.2) is 36.0 Å². The van der Waals surface area contributed by atoms with Crippen LogP contribution in [0.3, 0.4) is 0 Å². The van der Waals surface area contributed by atoms with Gasteiger partial charge in [0.15, 0.2) is 5.78 Å². The number of rotatable bonds is 6. The van der Waals surface area contributed by atoms with E-state index in [0.29, 0.717) is 11.1 Å². The van der Waals surface area contributed by atoms with Crippen molar-refractivity contribution in [3.05, 3.63) is 35.4 Å². The highest BCUT2D eigenvalue weighted by Crippen LogP contribution is 2.07. The molecule has 0 spiro atoms. The molecule has 2 N–H and O–H groups in total. The molecule has 0 fully saturated rings. The van der Waals surface area contributed by atoms with Crippen molar-refractivity contribution < 1.29 is 24.0 Å². The van der Waals surface area contributed by atoms with Crippen LogP contribution in [0.4, 0.5) is 4.79 Å². The summed E-state index contributed by atoms with van der Waals surface area (Å²) in [6.45, 7) is 8.56. The number of Topliss-reactive ketones (excluding diaryl/α,β-unsaturated/α-hetero) is 1. The van der Waals surface area contributed by atoms with E-state index >= 15 is 0 Å². The summed E-state index contributed by atoms with van der Waals surface area (Å²) < 4.78 is 5.12. The first kappa shape index (κ1) is 19.6. The minimum atomic E-state index is -0.578. The molecular weight excluding hydrogens is 312 g/mol. The van der Waals surface area contributed by atoms with E-state index in [1.807, 2.05) is 0 Å². The lowest BCUT2D eigenvalue weighted by Gasteiger charge is -2.21. The Morgan fingerprint density at radius 2 is 1.62 bits per heavy atom. The summed E-state index contributed by atoms with van der Waals surface area (Å²) in [7, 11) is 0. The number of ether oxygens (including phenoxy) is 1. The van der Waals surface area contributed by atoms with E-state index in [4.69, 9.17) is 9.57 Å². The highest BCUT2D eigenvalue weighted by molar-refractivity contribution is 5.97. The van der Waals surface area contributed by atoms with Crippen LogP contribution in [0.5, 0.6) is 0 Å². The molecule has 1 aromatic carbocycles. The maximum Gasteiger partial charge on any atom is 0.407 e. The highest BCUT2D eigenvalue weighted by Gasteiger charge is 2.18. The second-order valence-electron chi connectivity index (χ2n) is 6.42. The van der Waals surface area contributed by atoms with Gasteiger partial charge in [0.05, 0.1) is 12.6 Å². The predicted octanol–water partition coefficient (Wildman–Crippen LogP) is 2.46. The first-order valence-corrected chi connectivity index (χ1v) is 7.61. The van der Waals surface area contributed by atoms with Crippen molar-refractivity contribution >= 4 is 17.8 Å². The molecule has 0 saturated heterocycles. The molecule has 1 atom stereocenters. The van der Waals surface area contributed by atoms with Crippen LogP contribution >= 0.6 is 0 Å². The van der Waals surface area contributed by atoms with Crippen molar-refractivity contribution in [1.82, 2.24) is 10.8 Å². The molecule has 0 bridgehead atoms. The monoisotopic (exact) mass is 336 g/mol. The Kier molecular flexibility index (Phi) is 6.91. The van der Waals surface area contributed by atoms with Gasteiger partial charge in [0, 0.05) is 11.1 Å². The van der Waals surface area contributed by atoms with Gasteiger partial charge in [-0.3, -0.25) is 14.4 Å². The Hall–Kier alpha value is -2.41. The van der Waals surface area contributed by atoms with Gasteiger partial charge < -0.3 is 10.1 Å². The summed E-state index contributed by atoms with van der Waals surface area (Å²) in [5, 5.41) is 2.59. The third-order valence-electron chi connectivity index (χ3n) is 2.81. The zero-order valence-corrected chi connectivity index (χ0v) is 14.6. The van der Waals surface area contributed by atoms with Crippen LogP contribution < -0.4 is 10.8 Å². The van der Waals surface area contributed by atoms with Gasteiger partial charge in [0.1, 0.15) is 5.60 Å². The van der Waals surface area contributed by atoms with Crippen molar-refractivity contribution in [2.24, 2.45) is 0 Å². The number of hydrogen-bond acceptors (Lipinski definition) is 5.